The minimum atomic E-state index is 0. The van der Waals surface area contributed by atoms with Crippen molar-refractivity contribution in [2.45, 2.75) is 83.5 Å². The lowest BCUT2D eigenvalue weighted by Gasteiger charge is -2.29. The molecule has 2 bridgehead atoms. The van der Waals surface area contributed by atoms with E-state index in [2.05, 4.69) is 31.4 Å². The zero-order chi connectivity index (χ0) is 14.5. The van der Waals surface area contributed by atoms with Crippen molar-refractivity contribution in [3.63, 3.8) is 0 Å². The van der Waals surface area contributed by atoms with Gasteiger partial charge in [-0.3, -0.25) is 4.79 Å². The van der Waals surface area contributed by atoms with Crippen LogP contribution < -0.4 is 10.6 Å². The van der Waals surface area contributed by atoms with Crippen molar-refractivity contribution in [2.24, 2.45) is 5.92 Å². The van der Waals surface area contributed by atoms with E-state index in [0.717, 1.165) is 19.3 Å². The highest BCUT2D eigenvalue weighted by Gasteiger charge is 2.33. The molecule has 2 saturated heterocycles. The Morgan fingerprint density at radius 3 is 2.43 bits per heavy atom. The Hall–Kier alpha value is -0.320. The molecule has 4 nitrogen and oxygen atoms in total. The molecule has 5 heteroatoms. The second kappa shape index (κ2) is 8.96. The summed E-state index contributed by atoms with van der Waals surface area (Å²) >= 11 is 0. The summed E-state index contributed by atoms with van der Waals surface area (Å²) in [5, 5.41) is 6.77. The molecule has 0 aromatic carbocycles. The predicted octanol–water partition coefficient (Wildman–Crippen LogP) is 2.65. The van der Waals surface area contributed by atoms with Gasteiger partial charge in [0.15, 0.2) is 0 Å². The third-order valence-corrected chi connectivity index (χ3v) is 4.37. The number of carbonyl (C=O) groups is 1. The molecule has 0 saturated carbocycles. The first-order chi connectivity index (χ1) is 9.52. The number of nitrogens with one attached hydrogen (secondary N) is 2. The van der Waals surface area contributed by atoms with E-state index in [9.17, 15) is 4.79 Å². The Morgan fingerprint density at radius 2 is 1.86 bits per heavy atom. The first kappa shape index (κ1) is 18.7. The molecule has 21 heavy (non-hydrogen) atoms. The number of halogens is 1. The molecule has 2 heterocycles. The summed E-state index contributed by atoms with van der Waals surface area (Å²) in [5.41, 5.74) is 0. The van der Waals surface area contributed by atoms with E-state index in [1.54, 1.807) is 0 Å². The van der Waals surface area contributed by atoms with Gasteiger partial charge in [-0.05, 0) is 44.9 Å². The van der Waals surface area contributed by atoms with Crippen LogP contribution in [0.1, 0.15) is 59.3 Å². The monoisotopic (exact) mass is 318 g/mol. The Morgan fingerprint density at radius 1 is 1.24 bits per heavy atom. The summed E-state index contributed by atoms with van der Waals surface area (Å²) in [4.78, 5) is 11.9. The molecule has 2 N–H and O–H groups in total. The molecule has 2 aliphatic heterocycles. The van der Waals surface area contributed by atoms with Crippen LogP contribution in [0, 0.1) is 5.92 Å². The number of piperidine rings is 1. The van der Waals surface area contributed by atoms with Crippen LogP contribution in [-0.2, 0) is 9.53 Å². The minimum Gasteiger partial charge on any atom is -0.378 e. The highest BCUT2D eigenvalue weighted by molar-refractivity contribution is 5.85. The van der Waals surface area contributed by atoms with E-state index in [0.29, 0.717) is 37.1 Å². The topological polar surface area (TPSA) is 50.4 Å². The number of amides is 1. The molecule has 1 amide bonds. The van der Waals surface area contributed by atoms with Gasteiger partial charge in [-0.15, -0.1) is 12.4 Å². The number of carbonyl (C=O) groups excluding carboxylic acids is 1. The zero-order valence-corrected chi connectivity index (χ0v) is 14.4. The van der Waals surface area contributed by atoms with Crippen LogP contribution in [0.5, 0.6) is 0 Å². The van der Waals surface area contributed by atoms with Gasteiger partial charge in [0.05, 0.1) is 12.7 Å². The average Bonchev–Trinajstić information content (AvgIpc) is 2.67. The molecule has 0 aromatic heterocycles. The summed E-state index contributed by atoms with van der Waals surface area (Å²) in [6, 6.07) is 1.62. The van der Waals surface area contributed by atoms with Crippen molar-refractivity contribution in [3.8, 4) is 0 Å². The standard InChI is InChI=1S/C16H30N2O2.ClH/c1-11(2)8-12(3)20-7-6-16(19)18-15-9-13-4-5-14(10-15)17-13;/h11-15,17H,4-10H2,1-3H3,(H,18,19);1H. The Labute approximate surface area is 135 Å². The maximum absolute atomic E-state index is 11.9. The summed E-state index contributed by atoms with van der Waals surface area (Å²) in [6.45, 7) is 7.01. The van der Waals surface area contributed by atoms with Crippen molar-refractivity contribution in [3.05, 3.63) is 0 Å². The first-order valence-electron chi connectivity index (χ1n) is 8.20. The third kappa shape index (κ3) is 6.54. The maximum atomic E-state index is 11.9. The van der Waals surface area contributed by atoms with Gasteiger partial charge in [-0.25, -0.2) is 0 Å². The van der Waals surface area contributed by atoms with Gasteiger partial charge in [0, 0.05) is 24.5 Å². The van der Waals surface area contributed by atoms with E-state index in [-0.39, 0.29) is 24.4 Å². The Balaban J connectivity index is 0.00000220. The van der Waals surface area contributed by atoms with Crippen molar-refractivity contribution < 1.29 is 9.53 Å². The fourth-order valence-electron chi connectivity index (χ4n) is 3.56. The van der Waals surface area contributed by atoms with Gasteiger partial charge in [-0.1, -0.05) is 13.8 Å². The normalized spacial score (nSPS) is 29.0. The lowest BCUT2D eigenvalue weighted by molar-refractivity contribution is -0.123. The Kier molecular flexibility index (Phi) is 7.99. The molecule has 0 spiro atoms. The SMILES string of the molecule is CC(C)CC(C)OCCC(=O)NC1CC2CCC(C1)N2.Cl. The fourth-order valence-corrected chi connectivity index (χ4v) is 3.56. The number of hydrogen-bond acceptors (Lipinski definition) is 3. The molecule has 2 aliphatic rings. The highest BCUT2D eigenvalue weighted by Crippen LogP contribution is 2.26. The minimum absolute atomic E-state index is 0. The van der Waals surface area contributed by atoms with Crippen LogP contribution >= 0.6 is 12.4 Å². The van der Waals surface area contributed by atoms with Gasteiger partial charge >= 0.3 is 0 Å². The number of rotatable bonds is 7. The predicted molar refractivity (Wildman–Crippen MR) is 87.8 cm³/mol. The quantitative estimate of drug-likeness (QED) is 0.758. The van der Waals surface area contributed by atoms with Crippen LogP contribution in [-0.4, -0.2) is 36.7 Å². The highest BCUT2D eigenvalue weighted by atomic mass is 35.5. The maximum Gasteiger partial charge on any atom is 0.222 e. The molecule has 2 rings (SSSR count). The van der Waals surface area contributed by atoms with Crippen LogP contribution in [0.2, 0.25) is 0 Å². The molecule has 0 radical (unpaired) electrons. The van der Waals surface area contributed by atoms with E-state index < -0.39 is 0 Å². The van der Waals surface area contributed by atoms with Crippen molar-refractivity contribution in [2.75, 3.05) is 6.61 Å². The Bertz CT molecular complexity index is 313. The summed E-state index contributed by atoms with van der Waals surface area (Å²) in [5.74, 6) is 0.789. The average molecular weight is 319 g/mol. The summed E-state index contributed by atoms with van der Waals surface area (Å²) in [6.07, 6.45) is 6.51. The molecule has 2 fully saturated rings. The molecular weight excluding hydrogens is 288 g/mol. The molecule has 0 aromatic rings. The van der Waals surface area contributed by atoms with Crippen LogP contribution in [0.4, 0.5) is 0 Å². The van der Waals surface area contributed by atoms with Gasteiger partial charge in [0.2, 0.25) is 5.91 Å². The zero-order valence-electron chi connectivity index (χ0n) is 13.6. The summed E-state index contributed by atoms with van der Waals surface area (Å²) < 4.78 is 5.69. The second-order valence-corrected chi connectivity index (χ2v) is 6.93. The van der Waals surface area contributed by atoms with Gasteiger partial charge < -0.3 is 15.4 Å². The summed E-state index contributed by atoms with van der Waals surface area (Å²) in [7, 11) is 0. The molecule has 3 atom stereocenters. The van der Waals surface area contributed by atoms with E-state index in [1.807, 2.05) is 0 Å². The van der Waals surface area contributed by atoms with Crippen molar-refractivity contribution >= 4 is 18.3 Å². The first-order valence-corrected chi connectivity index (χ1v) is 8.20. The van der Waals surface area contributed by atoms with Crippen LogP contribution in [0.15, 0.2) is 0 Å². The van der Waals surface area contributed by atoms with E-state index >= 15 is 0 Å². The van der Waals surface area contributed by atoms with Gasteiger partial charge in [-0.2, -0.15) is 0 Å². The fraction of sp³-hybridized carbons (Fsp3) is 0.938. The smallest absolute Gasteiger partial charge is 0.222 e. The van der Waals surface area contributed by atoms with Crippen molar-refractivity contribution in [1.82, 2.24) is 10.6 Å². The lowest BCUT2D eigenvalue weighted by atomic mass is 10.00. The van der Waals surface area contributed by atoms with Gasteiger partial charge in [0.25, 0.3) is 0 Å². The number of ether oxygens (including phenoxy) is 1. The molecule has 0 aliphatic carbocycles. The van der Waals surface area contributed by atoms with Crippen LogP contribution in [0.25, 0.3) is 0 Å². The molecule has 3 unspecified atom stereocenters. The van der Waals surface area contributed by atoms with E-state index in [1.165, 1.54) is 12.8 Å². The van der Waals surface area contributed by atoms with Crippen LogP contribution in [0.3, 0.4) is 0 Å². The molecule has 124 valence electrons. The largest absolute Gasteiger partial charge is 0.378 e. The van der Waals surface area contributed by atoms with E-state index in [4.69, 9.17) is 4.74 Å². The second-order valence-electron chi connectivity index (χ2n) is 6.93. The van der Waals surface area contributed by atoms with Gasteiger partial charge in [0.1, 0.15) is 0 Å². The third-order valence-electron chi connectivity index (χ3n) is 4.37. The number of fused-ring (bicyclic) bond motifs is 2. The lowest BCUT2D eigenvalue weighted by Crippen LogP contribution is -2.48. The molecular formula is C16H31ClN2O2. The van der Waals surface area contributed by atoms with Crippen molar-refractivity contribution in [1.29, 1.82) is 0 Å². The number of hydrogen-bond donors (Lipinski definition) is 2.